The largest absolute Gasteiger partial charge is 0.313 e. The first-order valence-electron chi connectivity index (χ1n) is 9.11. The molecule has 0 bridgehead atoms. The Hall–Kier alpha value is -2.45. The van der Waals surface area contributed by atoms with E-state index in [2.05, 4.69) is 32.3 Å². The zero-order chi connectivity index (χ0) is 18.6. The number of nitrogens with one attached hydrogen (secondary N) is 1. The summed E-state index contributed by atoms with van der Waals surface area (Å²) in [6.45, 7) is 3.83. The van der Waals surface area contributed by atoms with Gasteiger partial charge in [0.05, 0.1) is 24.1 Å². The Bertz CT molecular complexity index is 897. The van der Waals surface area contributed by atoms with Crippen LogP contribution in [0.25, 0.3) is 0 Å². The van der Waals surface area contributed by atoms with Gasteiger partial charge in [-0.05, 0) is 43.5 Å². The molecule has 1 saturated heterocycles. The second-order valence-electron chi connectivity index (χ2n) is 6.56. The van der Waals surface area contributed by atoms with E-state index in [0.29, 0.717) is 5.82 Å². The van der Waals surface area contributed by atoms with Gasteiger partial charge in [0.15, 0.2) is 5.82 Å². The van der Waals surface area contributed by atoms with Crippen LogP contribution < -0.4 is 5.32 Å². The Kier molecular flexibility index (Phi) is 5.35. The molecule has 0 spiro atoms. The van der Waals surface area contributed by atoms with Crippen molar-refractivity contribution in [1.82, 2.24) is 25.1 Å². The molecule has 0 saturated carbocycles. The fourth-order valence-electron chi connectivity index (χ4n) is 3.33. The summed E-state index contributed by atoms with van der Waals surface area (Å²) < 4.78 is 13.1. The van der Waals surface area contributed by atoms with Crippen LogP contribution in [-0.2, 0) is 13.0 Å². The van der Waals surface area contributed by atoms with Crippen molar-refractivity contribution in [3.63, 3.8) is 0 Å². The maximum atomic E-state index is 13.1. The molecule has 1 aromatic carbocycles. The highest BCUT2D eigenvalue weighted by atomic mass is 32.1. The second-order valence-corrected chi connectivity index (χ2v) is 7.63. The average molecular weight is 384 g/mol. The van der Waals surface area contributed by atoms with E-state index in [9.17, 15) is 4.39 Å². The minimum Gasteiger partial charge on any atom is -0.313 e. The molecule has 27 heavy (non-hydrogen) atoms. The smallest absolute Gasteiger partial charge is 0.211 e. The van der Waals surface area contributed by atoms with E-state index in [-0.39, 0.29) is 11.9 Å². The normalized spacial score (nSPS) is 17.3. The Labute approximate surface area is 161 Å². The number of nitrogens with zero attached hydrogens (tertiary/aromatic N) is 5. The number of hydrogen-bond donors (Lipinski definition) is 1. The standard InChI is InChI=1S/C19H21FN6S/c1-2-18-24-25-19(27-18)23-17-11-21-10-15(22-17)16-4-3-9-26(16)12-13-5-7-14(20)8-6-13/h5-8,10-11,16H,2-4,9,12H2,1H3,(H,22,23,25)/t16-/m1/s1. The van der Waals surface area contributed by atoms with Crippen molar-refractivity contribution in [2.75, 3.05) is 11.9 Å². The van der Waals surface area contributed by atoms with Gasteiger partial charge in [0.25, 0.3) is 0 Å². The highest BCUT2D eigenvalue weighted by Gasteiger charge is 2.27. The Morgan fingerprint density at radius 2 is 2.07 bits per heavy atom. The summed E-state index contributed by atoms with van der Waals surface area (Å²) in [6, 6.07) is 6.92. The van der Waals surface area contributed by atoms with Crippen molar-refractivity contribution in [3.05, 3.63) is 58.7 Å². The summed E-state index contributed by atoms with van der Waals surface area (Å²) in [7, 11) is 0. The van der Waals surface area contributed by atoms with Crippen LogP contribution in [0.15, 0.2) is 36.7 Å². The van der Waals surface area contributed by atoms with Gasteiger partial charge in [-0.3, -0.25) is 9.88 Å². The quantitative estimate of drug-likeness (QED) is 0.690. The molecule has 6 nitrogen and oxygen atoms in total. The van der Waals surface area contributed by atoms with E-state index in [1.54, 1.807) is 6.20 Å². The summed E-state index contributed by atoms with van der Waals surface area (Å²) in [5, 5.41) is 13.2. The fourth-order valence-corrected chi connectivity index (χ4v) is 4.02. The van der Waals surface area contributed by atoms with Crippen LogP contribution >= 0.6 is 11.3 Å². The molecule has 1 aliphatic heterocycles. The van der Waals surface area contributed by atoms with Crippen LogP contribution in [0.2, 0.25) is 0 Å². The van der Waals surface area contributed by atoms with Gasteiger partial charge in [-0.15, -0.1) is 10.2 Å². The molecular formula is C19H21FN6S. The van der Waals surface area contributed by atoms with Crippen LogP contribution in [0.3, 0.4) is 0 Å². The maximum absolute atomic E-state index is 13.1. The van der Waals surface area contributed by atoms with E-state index < -0.39 is 0 Å². The highest BCUT2D eigenvalue weighted by Crippen LogP contribution is 2.32. The third-order valence-corrected chi connectivity index (χ3v) is 5.64. The Balaban J connectivity index is 1.48. The highest BCUT2D eigenvalue weighted by molar-refractivity contribution is 7.15. The molecular weight excluding hydrogens is 363 g/mol. The first-order chi connectivity index (χ1) is 13.2. The zero-order valence-corrected chi connectivity index (χ0v) is 15.9. The van der Waals surface area contributed by atoms with Gasteiger partial charge < -0.3 is 5.32 Å². The number of likely N-dealkylation sites (tertiary alicyclic amines) is 1. The van der Waals surface area contributed by atoms with E-state index in [1.807, 2.05) is 18.3 Å². The van der Waals surface area contributed by atoms with Crippen LogP contribution in [0, 0.1) is 5.82 Å². The van der Waals surface area contributed by atoms with Crippen molar-refractivity contribution in [1.29, 1.82) is 0 Å². The Morgan fingerprint density at radius 3 is 2.85 bits per heavy atom. The molecule has 1 atom stereocenters. The monoisotopic (exact) mass is 384 g/mol. The minimum absolute atomic E-state index is 0.204. The summed E-state index contributed by atoms with van der Waals surface area (Å²) in [4.78, 5) is 11.5. The lowest BCUT2D eigenvalue weighted by atomic mass is 10.1. The van der Waals surface area contributed by atoms with Gasteiger partial charge >= 0.3 is 0 Å². The van der Waals surface area contributed by atoms with Crippen molar-refractivity contribution in [2.45, 2.75) is 38.8 Å². The van der Waals surface area contributed by atoms with Gasteiger partial charge in [-0.25, -0.2) is 9.37 Å². The van der Waals surface area contributed by atoms with Crippen molar-refractivity contribution >= 4 is 22.3 Å². The van der Waals surface area contributed by atoms with Crippen LogP contribution in [0.4, 0.5) is 15.3 Å². The number of anilines is 2. The number of benzene rings is 1. The van der Waals surface area contributed by atoms with Gasteiger partial charge in [0, 0.05) is 6.54 Å². The van der Waals surface area contributed by atoms with Crippen molar-refractivity contribution < 1.29 is 4.39 Å². The molecule has 0 unspecified atom stereocenters. The number of rotatable bonds is 6. The number of halogens is 1. The SMILES string of the molecule is CCc1nnc(Nc2cncc([C@H]3CCCN3Cc3ccc(F)cc3)n2)s1. The molecule has 1 fully saturated rings. The summed E-state index contributed by atoms with van der Waals surface area (Å²) in [6.07, 6.45) is 6.55. The predicted molar refractivity (Wildman–Crippen MR) is 103 cm³/mol. The van der Waals surface area contributed by atoms with E-state index in [1.165, 1.54) is 23.5 Å². The van der Waals surface area contributed by atoms with Gasteiger partial charge in [0.1, 0.15) is 10.8 Å². The molecule has 4 rings (SSSR count). The minimum atomic E-state index is -0.204. The molecule has 1 N–H and O–H groups in total. The lowest BCUT2D eigenvalue weighted by molar-refractivity contribution is 0.244. The summed E-state index contributed by atoms with van der Waals surface area (Å²) >= 11 is 1.53. The molecule has 0 amide bonds. The summed E-state index contributed by atoms with van der Waals surface area (Å²) in [5.74, 6) is 0.476. The number of aromatic nitrogens is 4. The van der Waals surface area contributed by atoms with Crippen molar-refractivity contribution in [2.24, 2.45) is 0 Å². The molecule has 0 radical (unpaired) electrons. The topological polar surface area (TPSA) is 66.8 Å². The summed E-state index contributed by atoms with van der Waals surface area (Å²) in [5.41, 5.74) is 2.05. The first kappa shape index (κ1) is 17.9. The van der Waals surface area contributed by atoms with Crippen LogP contribution in [0.1, 0.15) is 42.1 Å². The maximum Gasteiger partial charge on any atom is 0.211 e. The van der Waals surface area contributed by atoms with Gasteiger partial charge in [-0.1, -0.05) is 30.4 Å². The first-order valence-corrected chi connectivity index (χ1v) is 9.93. The fraction of sp³-hybridized carbons (Fsp3) is 0.368. The molecule has 2 aromatic heterocycles. The Morgan fingerprint density at radius 1 is 1.22 bits per heavy atom. The van der Waals surface area contributed by atoms with Crippen LogP contribution in [0.5, 0.6) is 0 Å². The molecule has 0 aliphatic carbocycles. The van der Waals surface area contributed by atoms with Gasteiger partial charge in [0.2, 0.25) is 5.13 Å². The second kappa shape index (κ2) is 8.06. The lowest BCUT2D eigenvalue weighted by Crippen LogP contribution is -2.23. The van der Waals surface area contributed by atoms with E-state index in [4.69, 9.17) is 4.98 Å². The predicted octanol–water partition coefficient (Wildman–Crippen LogP) is 4.11. The lowest BCUT2D eigenvalue weighted by Gasteiger charge is -2.24. The molecule has 1 aliphatic rings. The van der Waals surface area contributed by atoms with E-state index in [0.717, 1.165) is 53.7 Å². The van der Waals surface area contributed by atoms with E-state index >= 15 is 0 Å². The molecule has 8 heteroatoms. The molecule has 3 aromatic rings. The third-order valence-electron chi connectivity index (χ3n) is 4.66. The number of hydrogen-bond acceptors (Lipinski definition) is 7. The average Bonchev–Trinajstić information content (AvgIpc) is 3.33. The third kappa shape index (κ3) is 4.28. The zero-order valence-electron chi connectivity index (χ0n) is 15.1. The molecule has 140 valence electrons. The molecule has 3 heterocycles. The van der Waals surface area contributed by atoms with Crippen LogP contribution in [-0.4, -0.2) is 31.6 Å². The van der Waals surface area contributed by atoms with Crippen molar-refractivity contribution in [3.8, 4) is 0 Å². The number of aryl methyl sites for hydroxylation is 1. The van der Waals surface area contributed by atoms with Gasteiger partial charge in [-0.2, -0.15) is 0 Å².